The van der Waals surface area contributed by atoms with E-state index in [4.69, 9.17) is 9.72 Å². The standard InChI is InChI=1S/C21H20N4O2/c26-11-13-8-9-15(10-13)27-21-18-20(22-12-23-21)25-19(24-18)17-7-3-5-14-4-1-2-6-16(14)17/h1-7,12-13,15,26H,8-11H2,(H,22,23,24,25)/t13-,15-/m0/s1. The van der Waals surface area contributed by atoms with E-state index >= 15 is 0 Å². The fraction of sp³-hybridized carbons (Fsp3) is 0.286. The largest absolute Gasteiger partial charge is 0.473 e. The summed E-state index contributed by atoms with van der Waals surface area (Å²) in [7, 11) is 0. The predicted molar refractivity (Wildman–Crippen MR) is 103 cm³/mol. The van der Waals surface area contributed by atoms with Crippen LogP contribution in [0.4, 0.5) is 0 Å². The molecule has 0 aliphatic heterocycles. The van der Waals surface area contributed by atoms with Crippen molar-refractivity contribution in [1.82, 2.24) is 19.9 Å². The van der Waals surface area contributed by atoms with E-state index in [1.54, 1.807) is 0 Å². The lowest BCUT2D eigenvalue weighted by Crippen LogP contribution is -2.14. The van der Waals surface area contributed by atoms with E-state index in [1.807, 2.05) is 18.2 Å². The summed E-state index contributed by atoms with van der Waals surface area (Å²) in [6.07, 6.45) is 4.33. The maximum absolute atomic E-state index is 9.34. The molecule has 6 nitrogen and oxygen atoms in total. The van der Waals surface area contributed by atoms with Gasteiger partial charge in [0, 0.05) is 12.2 Å². The molecule has 27 heavy (non-hydrogen) atoms. The minimum Gasteiger partial charge on any atom is -0.473 e. The van der Waals surface area contributed by atoms with Crippen molar-refractivity contribution in [3.05, 3.63) is 48.8 Å². The van der Waals surface area contributed by atoms with Crippen LogP contribution < -0.4 is 4.74 Å². The summed E-state index contributed by atoms with van der Waals surface area (Å²) >= 11 is 0. The van der Waals surface area contributed by atoms with Gasteiger partial charge in [-0.15, -0.1) is 0 Å². The summed E-state index contributed by atoms with van der Waals surface area (Å²) in [6, 6.07) is 14.4. The summed E-state index contributed by atoms with van der Waals surface area (Å²) in [6.45, 7) is 0.215. The fourth-order valence-electron chi connectivity index (χ4n) is 3.91. The Morgan fingerprint density at radius 1 is 1.07 bits per heavy atom. The average Bonchev–Trinajstić information content (AvgIpc) is 3.35. The van der Waals surface area contributed by atoms with Gasteiger partial charge in [0.2, 0.25) is 5.88 Å². The van der Waals surface area contributed by atoms with Crippen LogP contribution in [-0.2, 0) is 0 Å². The topological polar surface area (TPSA) is 83.9 Å². The van der Waals surface area contributed by atoms with Crippen molar-refractivity contribution < 1.29 is 9.84 Å². The Kier molecular flexibility index (Phi) is 3.98. The Morgan fingerprint density at radius 2 is 1.96 bits per heavy atom. The van der Waals surface area contributed by atoms with E-state index in [9.17, 15) is 5.11 Å². The molecule has 2 heterocycles. The zero-order valence-electron chi connectivity index (χ0n) is 14.8. The van der Waals surface area contributed by atoms with Crippen molar-refractivity contribution in [2.45, 2.75) is 25.4 Å². The average molecular weight is 360 g/mol. The van der Waals surface area contributed by atoms with Crippen LogP contribution in [0, 0.1) is 5.92 Å². The molecule has 0 radical (unpaired) electrons. The minimum atomic E-state index is 0.0676. The van der Waals surface area contributed by atoms with Crippen LogP contribution in [0.15, 0.2) is 48.8 Å². The number of aliphatic hydroxyl groups excluding tert-OH is 1. The lowest BCUT2D eigenvalue weighted by Gasteiger charge is -2.12. The van der Waals surface area contributed by atoms with Crippen molar-refractivity contribution >= 4 is 21.9 Å². The molecular weight excluding hydrogens is 340 g/mol. The van der Waals surface area contributed by atoms with Crippen LogP contribution in [0.5, 0.6) is 5.88 Å². The molecule has 0 bridgehead atoms. The van der Waals surface area contributed by atoms with Gasteiger partial charge in [-0.25, -0.2) is 9.97 Å². The predicted octanol–water partition coefficient (Wildman–Crippen LogP) is 3.71. The molecular formula is C21H20N4O2. The van der Waals surface area contributed by atoms with Gasteiger partial charge in [0.15, 0.2) is 11.2 Å². The van der Waals surface area contributed by atoms with Crippen LogP contribution >= 0.6 is 0 Å². The highest BCUT2D eigenvalue weighted by Gasteiger charge is 2.27. The highest BCUT2D eigenvalue weighted by molar-refractivity contribution is 5.96. The first kappa shape index (κ1) is 16.2. The number of nitrogens with zero attached hydrogens (tertiary/aromatic N) is 3. The quantitative estimate of drug-likeness (QED) is 0.579. The lowest BCUT2D eigenvalue weighted by molar-refractivity contribution is 0.179. The van der Waals surface area contributed by atoms with Crippen molar-refractivity contribution in [2.75, 3.05) is 6.61 Å². The second-order valence-electron chi connectivity index (χ2n) is 7.09. The molecule has 1 aliphatic carbocycles. The first-order chi connectivity index (χ1) is 13.3. The third-order valence-electron chi connectivity index (χ3n) is 5.32. The molecule has 1 fully saturated rings. The Morgan fingerprint density at radius 3 is 2.85 bits per heavy atom. The van der Waals surface area contributed by atoms with E-state index in [0.29, 0.717) is 23.0 Å². The highest BCUT2D eigenvalue weighted by Crippen LogP contribution is 2.32. The minimum absolute atomic E-state index is 0.0676. The van der Waals surface area contributed by atoms with Gasteiger partial charge in [0.25, 0.3) is 0 Å². The molecule has 136 valence electrons. The maximum Gasteiger partial charge on any atom is 0.245 e. The molecule has 2 atom stereocenters. The molecule has 0 saturated heterocycles. The number of aromatic nitrogens is 4. The summed E-state index contributed by atoms with van der Waals surface area (Å²) in [5, 5.41) is 11.6. The second kappa shape index (κ2) is 6.63. The number of fused-ring (bicyclic) bond motifs is 2. The normalized spacial score (nSPS) is 19.7. The van der Waals surface area contributed by atoms with Crippen LogP contribution in [0.25, 0.3) is 33.3 Å². The summed E-state index contributed by atoms with van der Waals surface area (Å²) < 4.78 is 6.11. The second-order valence-corrected chi connectivity index (χ2v) is 7.09. The highest BCUT2D eigenvalue weighted by atomic mass is 16.5. The van der Waals surface area contributed by atoms with Crippen LogP contribution in [0.3, 0.4) is 0 Å². The number of aliphatic hydroxyl groups is 1. The fourth-order valence-corrected chi connectivity index (χ4v) is 3.91. The van der Waals surface area contributed by atoms with Gasteiger partial charge >= 0.3 is 0 Å². The zero-order chi connectivity index (χ0) is 18.2. The molecule has 2 N–H and O–H groups in total. The van der Waals surface area contributed by atoms with Gasteiger partial charge in [0.05, 0.1) is 0 Å². The van der Waals surface area contributed by atoms with Crippen molar-refractivity contribution in [3.63, 3.8) is 0 Å². The molecule has 2 aromatic carbocycles. The Bertz CT molecular complexity index is 1100. The molecule has 1 aliphatic rings. The zero-order valence-corrected chi connectivity index (χ0v) is 14.8. The van der Waals surface area contributed by atoms with E-state index < -0.39 is 0 Å². The maximum atomic E-state index is 9.34. The number of nitrogens with one attached hydrogen (secondary N) is 1. The van der Waals surface area contributed by atoms with Gasteiger partial charge < -0.3 is 14.8 Å². The summed E-state index contributed by atoms with van der Waals surface area (Å²) in [5.41, 5.74) is 2.34. The van der Waals surface area contributed by atoms with E-state index in [2.05, 4.69) is 39.2 Å². The molecule has 6 heteroatoms. The van der Waals surface area contributed by atoms with Crippen molar-refractivity contribution in [2.24, 2.45) is 5.92 Å². The Hall–Kier alpha value is -2.99. The van der Waals surface area contributed by atoms with Gasteiger partial charge in [-0.2, -0.15) is 4.98 Å². The third kappa shape index (κ3) is 2.92. The molecule has 5 rings (SSSR count). The monoisotopic (exact) mass is 360 g/mol. The molecule has 0 spiro atoms. The van der Waals surface area contributed by atoms with Gasteiger partial charge in [0.1, 0.15) is 18.3 Å². The van der Waals surface area contributed by atoms with Gasteiger partial charge in [-0.3, -0.25) is 0 Å². The van der Waals surface area contributed by atoms with Gasteiger partial charge in [-0.05, 0) is 36.0 Å². The van der Waals surface area contributed by atoms with E-state index in [1.165, 1.54) is 11.7 Å². The van der Waals surface area contributed by atoms with Gasteiger partial charge in [-0.1, -0.05) is 42.5 Å². The Balaban J connectivity index is 1.54. The number of benzene rings is 2. The molecule has 1 saturated carbocycles. The molecule has 4 aromatic rings. The van der Waals surface area contributed by atoms with Crippen LogP contribution in [0.2, 0.25) is 0 Å². The molecule has 2 aromatic heterocycles. The number of hydrogen-bond donors (Lipinski definition) is 2. The lowest BCUT2D eigenvalue weighted by atomic mass is 10.0. The first-order valence-corrected chi connectivity index (χ1v) is 9.28. The van der Waals surface area contributed by atoms with E-state index in [0.717, 1.165) is 36.0 Å². The van der Waals surface area contributed by atoms with Crippen molar-refractivity contribution in [3.8, 4) is 17.3 Å². The number of hydrogen-bond acceptors (Lipinski definition) is 5. The SMILES string of the molecule is OC[C@H]1CC[C@H](Oc2ncnc3[nH]c(-c4cccc5ccccc45)nc23)C1. The summed E-state index contributed by atoms with van der Waals surface area (Å²) in [5.74, 6) is 1.58. The molecule has 0 amide bonds. The number of rotatable bonds is 4. The van der Waals surface area contributed by atoms with E-state index in [-0.39, 0.29) is 12.7 Å². The molecule has 0 unspecified atom stereocenters. The number of aromatic amines is 1. The third-order valence-corrected chi connectivity index (χ3v) is 5.32. The Labute approximate surface area is 156 Å². The summed E-state index contributed by atoms with van der Waals surface area (Å²) in [4.78, 5) is 16.7. The number of H-pyrrole nitrogens is 1. The number of imidazole rings is 1. The number of ether oxygens (including phenoxy) is 1. The van der Waals surface area contributed by atoms with Crippen LogP contribution in [0.1, 0.15) is 19.3 Å². The smallest absolute Gasteiger partial charge is 0.245 e. The van der Waals surface area contributed by atoms with Crippen molar-refractivity contribution in [1.29, 1.82) is 0 Å². The first-order valence-electron chi connectivity index (χ1n) is 9.28. The van der Waals surface area contributed by atoms with Crippen LogP contribution in [-0.4, -0.2) is 37.8 Å².